The van der Waals surface area contributed by atoms with Crippen LogP contribution in [0, 0.1) is 0 Å². The maximum absolute atomic E-state index is 13.8. The van der Waals surface area contributed by atoms with Crippen LogP contribution in [-0.4, -0.2) is 42.6 Å². The molecule has 35 heavy (non-hydrogen) atoms. The Kier molecular flexibility index (Phi) is 8.38. The molecule has 1 N–H and O–H groups in total. The van der Waals surface area contributed by atoms with Crippen LogP contribution >= 0.6 is 0 Å². The lowest BCUT2D eigenvalue weighted by molar-refractivity contribution is 0.0943. The quantitative estimate of drug-likeness (QED) is 0.263. The number of aryl methyl sites for hydroxylation is 1. The van der Waals surface area contributed by atoms with Crippen molar-refractivity contribution in [3.05, 3.63) is 107 Å². The Morgan fingerprint density at radius 2 is 1.46 bits per heavy atom. The Morgan fingerprint density at radius 3 is 2.06 bits per heavy atom. The van der Waals surface area contributed by atoms with E-state index >= 15 is 0 Å². The highest BCUT2D eigenvalue weighted by Gasteiger charge is 2.29. The predicted octanol–water partition coefficient (Wildman–Crippen LogP) is 6.30. The Bertz CT molecular complexity index is 1190. The lowest BCUT2D eigenvalue weighted by atomic mass is 9.83. The van der Waals surface area contributed by atoms with E-state index < -0.39 is 0 Å². The minimum absolute atomic E-state index is 0.0162. The van der Waals surface area contributed by atoms with Crippen LogP contribution in [0.4, 0.5) is 0 Å². The molecule has 1 amide bonds. The molecule has 0 atom stereocenters. The molecule has 4 rings (SSSR count). The summed E-state index contributed by atoms with van der Waals surface area (Å²) in [6.07, 6.45) is 3.02. The monoisotopic (exact) mass is 467 g/mol. The molecule has 0 aliphatic carbocycles. The van der Waals surface area contributed by atoms with Crippen LogP contribution in [-0.2, 0) is 6.54 Å². The number of hydrogen-bond acceptors (Lipinski definition) is 2. The van der Waals surface area contributed by atoms with Crippen molar-refractivity contribution in [2.45, 2.75) is 38.6 Å². The molecular formula is C31H37N3O. The number of benzene rings is 3. The number of para-hydroxylation sites is 1. The first-order valence-electron chi connectivity index (χ1n) is 12.8. The highest BCUT2D eigenvalue weighted by molar-refractivity contribution is 6.02. The molecule has 1 heterocycles. The first-order chi connectivity index (χ1) is 17.1. The Morgan fingerprint density at radius 1 is 0.857 bits per heavy atom. The predicted molar refractivity (Wildman–Crippen MR) is 146 cm³/mol. The second kappa shape index (κ2) is 11.9. The van der Waals surface area contributed by atoms with Gasteiger partial charge in [0.2, 0.25) is 0 Å². The van der Waals surface area contributed by atoms with Gasteiger partial charge in [-0.1, -0.05) is 85.8 Å². The van der Waals surface area contributed by atoms with Gasteiger partial charge in [0.05, 0.1) is 0 Å². The van der Waals surface area contributed by atoms with Crippen LogP contribution in [0.3, 0.4) is 0 Å². The number of fused-ring (bicyclic) bond motifs is 1. The van der Waals surface area contributed by atoms with Crippen molar-refractivity contribution in [2.75, 3.05) is 27.2 Å². The van der Waals surface area contributed by atoms with Crippen LogP contribution in [0.1, 0.15) is 59.3 Å². The molecule has 0 saturated carbocycles. The summed E-state index contributed by atoms with van der Waals surface area (Å²) in [6.45, 7) is 4.62. The topological polar surface area (TPSA) is 37.3 Å². The molecule has 4 heteroatoms. The lowest BCUT2D eigenvalue weighted by Gasteiger charge is -2.21. The molecule has 182 valence electrons. The largest absolute Gasteiger partial charge is 0.351 e. The third kappa shape index (κ3) is 5.66. The zero-order valence-electron chi connectivity index (χ0n) is 21.2. The van der Waals surface area contributed by atoms with Gasteiger partial charge in [0.15, 0.2) is 0 Å². The average Bonchev–Trinajstić information content (AvgIpc) is 3.20. The van der Waals surface area contributed by atoms with Gasteiger partial charge in [-0.3, -0.25) is 4.79 Å². The second-order valence-electron chi connectivity index (χ2n) is 9.45. The van der Waals surface area contributed by atoms with E-state index in [9.17, 15) is 4.79 Å². The van der Waals surface area contributed by atoms with E-state index in [1.165, 1.54) is 11.1 Å². The number of unbranched alkanes of at least 4 members (excludes halogenated alkanes) is 1. The SMILES string of the molecule is CCCNC(=O)c1c(C(c2ccccc2)c2ccccc2)c2ccccc2n1CCCCN(C)C. The molecule has 4 aromatic rings. The molecule has 0 aliphatic rings. The van der Waals surface area contributed by atoms with Crippen molar-refractivity contribution < 1.29 is 4.79 Å². The van der Waals surface area contributed by atoms with Gasteiger partial charge in [-0.25, -0.2) is 0 Å². The van der Waals surface area contributed by atoms with E-state index in [0.717, 1.165) is 54.5 Å². The van der Waals surface area contributed by atoms with Crippen LogP contribution in [0.5, 0.6) is 0 Å². The van der Waals surface area contributed by atoms with Gasteiger partial charge >= 0.3 is 0 Å². The number of aromatic nitrogens is 1. The fraction of sp³-hybridized carbons (Fsp3) is 0.323. The van der Waals surface area contributed by atoms with E-state index in [2.05, 4.69) is 121 Å². The molecule has 0 fully saturated rings. The van der Waals surface area contributed by atoms with Gasteiger partial charge in [-0.15, -0.1) is 0 Å². The van der Waals surface area contributed by atoms with Gasteiger partial charge in [0.25, 0.3) is 5.91 Å². The molecule has 0 aliphatic heterocycles. The zero-order chi connectivity index (χ0) is 24.6. The van der Waals surface area contributed by atoms with Gasteiger partial charge < -0.3 is 14.8 Å². The summed E-state index contributed by atoms with van der Waals surface area (Å²) in [7, 11) is 4.22. The summed E-state index contributed by atoms with van der Waals surface area (Å²) in [5, 5.41) is 4.34. The molecule has 0 radical (unpaired) electrons. The number of rotatable bonds is 11. The first-order valence-corrected chi connectivity index (χ1v) is 12.8. The van der Waals surface area contributed by atoms with E-state index in [1.807, 2.05) is 0 Å². The molecule has 1 aromatic heterocycles. The number of carbonyl (C=O) groups excluding carboxylic acids is 1. The molecule has 4 nitrogen and oxygen atoms in total. The van der Waals surface area contributed by atoms with Crippen LogP contribution in [0.15, 0.2) is 84.9 Å². The highest BCUT2D eigenvalue weighted by Crippen LogP contribution is 2.40. The lowest BCUT2D eigenvalue weighted by Crippen LogP contribution is -2.28. The van der Waals surface area contributed by atoms with Crippen LogP contribution in [0.25, 0.3) is 10.9 Å². The zero-order valence-corrected chi connectivity index (χ0v) is 21.2. The number of nitrogens with zero attached hydrogens (tertiary/aromatic N) is 2. The molecule has 0 spiro atoms. The van der Waals surface area contributed by atoms with E-state index in [0.29, 0.717) is 6.54 Å². The van der Waals surface area contributed by atoms with Crippen molar-refractivity contribution in [2.24, 2.45) is 0 Å². The fourth-order valence-electron chi connectivity index (χ4n) is 4.94. The molecule has 0 saturated heterocycles. The third-order valence-electron chi connectivity index (χ3n) is 6.55. The van der Waals surface area contributed by atoms with Gasteiger partial charge in [0.1, 0.15) is 5.69 Å². The number of nitrogens with one attached hydrogen (secondary N) is 1. The Hall–Kier alpha value is -3.37. The minimum atomic E-state index is -0.0345. The van der Waals surface area contributed by atoms with Gasteiger partial charge in [-0.05, 0) is 57.1 Å². The molecular weight excluding hydrogens is 430 g/mol. The maximum atomic E-state index is 13.8. The van der Waals surface area contributed by atoms with Crippen LogP contribution in [0.2, 0.25) is 0 Å². The van der Waals surface area contributed by atoms with Crippen LogP contribution < -0.4 is 5.32 Å². The van der Waals surface area contributed by atoms with Crippen molar-refractivity contribution >= 4 is 16.8 Å². The summed E-state index contributed by atoms with van der Waals surface area (Å²) in [6, 6.07) is 29.6. The summed E-state index contributed by atoms with van der Waals surface area (Å²) < 4.78 is 2.27. The van der Waals surface area contributed by atoms with E-state index in [1.54, 1.807) is 0 Å². The highest BCUT2D eigenvalue weighted by atomic mass is 16.1. The standard InChI is InChI=1S/C31H37N3O/c1-4-21-32-31(35)30-29(28(24-15-7-5-8-16-24)25-17-9-6-10-18-25)26-19-11-12-20-27(26)34(30)23-14-13-22-33(2)3/h5-12,15-20,28H,4,13-14,21-23H2,1-3H3,(H,32,35). The average molecular weight is 468 g/mol. The number of amides is 1. The van der Waals surface area contributed by atoms with Crippen molar-refractivity contribution in [3.8, 4) is 0 Å². The minimum Gasteiger partial charge on any atom is -0.351 e. The summed E-state index contributed by atoms with van der Waals surface area (Å²) in [5.74, 6) is -0.0183. The molecule has 3 aromatic carbocycles. The first kappa shape index (κ1) is 24.7. The van der Waals surface area contributed by atoms with Crippen molar-refractivity contribution in [3.63, 3.8) is 0 Å². The molecule has 0 unspecified atom stereocenters. The summed E-state index contributed by atoms with van der Waals surface area (Å²) >= 11 is 0. The second-order valence-corrected chi connectivity index (χ2v) is 9.45. The van der Waals surface area contributed by atoms with Crippen molar-refractivity contribution in [1.29, 1.82) is 0 Å². The summed E-state index contributed by atoms with van der Waals surface area (Å²) in [5.41, 5.74) is 5.41. The maximum Gasteiger partial charge on any atom is 0.268 e. The van der Waals surface area contributed by atoms with Gasteiger partial charge in [-0.2, -0.15) is 0 Å². The summed E-state index contributed by atoms with van der Waals surface area (Å²) in [4.78, 5) is 16.0. The number of carbonyl (C=O) groups is 1. The normalized spacial score (nSPS) is 11.5. The Labute approximate surface area is 209 Å². The molecule has 0 bridgehead atoms. The third-order valence-corrected chi connectivity index (χ3v) is 6.55. The van der Waals surface area contributed by atoms with E-state index in [4.69, 9.17) is 0 Å². The fourth-order valence-corrected chi connectivity index (χ4v) is 4.94. The Balaban J connectivity index is 1.93. The van der Waals surface area contributed by atoms with Gasteiger partial charge in [0, 0.05) is 35.5 Å². The number of hydrogen-bond donors (Lipinski definition) is 1. The van der Waals surface area contributed by atoms with E-state index in [-0.39, 0.29) is 11.8 Å². The smallest absolute Gasteiger partial charge is 0.268 e. The van der Waals surface area contributed by atoms with Crippen molar-refractivity contribution in [1.82, 2.24) is 14.8 Å².